The van der Waals surface area contributed by atoms with Crippen molar-refractivity contribution in [1.29, 1.82) is 0 Å². The minimum absolute atomic E-state index is 0.245. The molecular formula is C15H18N2O2S. The summed E-state index contributed by atoms with van der Waals surface area (Å²) in [7, 11) is 0. The van der Waals surface area contributed by atoms with Crippen LogP contribution in [0.1, 0.15) is 48.7 Å². The van der Waals surface area contributed by atoms with E-state index in [0.717, 1.165) is 23.5 Å². The molecule has 0 aromatic carbocycles. The third kappa shape index (κ3) is 3.87. The average Bonchev–Trinajstić information content (AvgIpc) is 2.92. The van der Waals surface area contributed by atoms with Gasteiger partial charge in [-0.2, -0.15) is 0 Å². The number of nitrogens with zero attached hydrogens (tertiary/aromatic N) is 2. The van der Waals surface area contributed by atoms with Crippen LogP contribution in [0.4, 0.5) is 0 Å². The van der Waals surface area contributed by atoms with Crippen molar-refractivity contribution in [2.24, 2.45) is 0 Å². The Hall–Kier alpha value is -1.75. The number of hydrogen-bond donors (Lipinski definition) is 1. The lowest BCUT2D eigenvalue weighted by atomic mass is 10.1. The molecule has 0 unspecified atom stereocenters. The second kappa shape index (κ2) is 7.14. The second-order valence-corrected chi connectivity index (χ2v) is 5.55. The molecule has 0 fully saturated rings. The molecule has 0 aliphatic rings. The lowest BCUT2D eigenvalue weighted by Gasteiger charge is -1.98. The molecule has 0 bridgehead atoms. The van der Waals surface area contributed by atoms with Crippen LogP contribution in [-0.4, -0.2) is 21.0 Å². The summed E-state index contributed by atoms with van der Waals surface area (Å²) in [6.07, 6.45) is 7.37. The van der Waals surface area contributed by atoms with E-state index >= 15 is 0 Å². The molecule has 0 radical (unpaired) electrons. The summed E-state index contributed by atoms with van der Waals surface area (Å²) < 4.78 is 0. The van der Waals surface area contributed by atoms with Gasteiger partial charge in [0.15, 0.2) is 0 Å². The van der Waals surface area contributed by atoms with E-state index in [4.69, 9.17) is 5.11 Å². The molecule has 1 N–H and O–H groups in total. The van der Waals surface area contributed by atoms with Crippen molar-refractivity contribution in [2.45, 2.75) is 39.0 Å². The number of rotatable bonds is 7. The van der Waals surface area contributed by atoms with Crippen LogP contribution in [0.5, 0.6) is 0 Å². The first-order valence-electron chi connectivity index (χ1n) is 6.85. The molecule has 4 nitrogen and oxygen atoms in total. The maximum atomic E-state index is 10.9. The zero-order valence-corrected chi connectivity index (χ0v) is 12.3. The van der Waals surface area contributed by atoms with Gasteiger partial charge in [-0.3, -0.25) is 4.98 Å². The molecule has 2 aromatic heterocycles. The van der Waals surface area contributed by atoms with Crippen molar-refractivity contribution in [3.63, 3.8) is 0 Å². The fourth-order valence-electron chi connectivity index (χ4n) is 1.95. The van der Waals surface area contributed by atoms with E-state index in [1.165, 1.54) is 42.9 Å². The third-order valence-electron chi connectivity index (χ3n) is 3.06. The summed E-state index contributed by atoms with van der Waals surface area (Å²) in [6.45, 7) is 2.20. The fourth-order valence-corrected chi connectivity index (χ4v) is 2.77. The van der Waals surface area contributed by atoms with Crippen LogP contribution in [0.25, 0.3) is 10.7 Å². The Bertz CT molecular complexity index is 581. The smallest absolute Gasteiger partial charge is 0.335 e. The van der Waals surface area contributed by atoms with Gasteiger partial charge in [0.05, 0.1) is 17.0 Å². The predicted molar refractivity (Wildman–Crippen MR) is 80.2 cm³/mol. The van der Waals surface area contributed by atoms with Gasteiger partial charge in [0, 0.05) is 11.6 Å². The molecule has 106 valence electrons. The van der Waals surface area contributed by atoms with Crippen molar-refractivity contribution in [1.82, 2.24) is 9.97 Å². The average molecular weight is 290 g/mol. The zero-order valence-electron chi connectivity index (χ0n) is 11.5. The van der Waals surface area contributed by atoms with Crippen molar-refractivity contribution >= 4 is 17.3 Å². The molecule has 20 heavy (non-hydrogen) atoms. The van der Waals surface area contributed by atoms with Gasteiger partial charge < -0.3 is 5.11 Å². The lowest BCUT2D eigenvalue weighted by Crippen LogP contribution is -1.97. The monoisotopic (exact) mass is 290 g/mol. The van der Waals surface area contributed by atoms with Crippen molar-refractivity contribution in [3.8, 4) is 10.7 Å². The van der Waals surface area contributed by atoms with Gasteiger partial charge in [0.25, 0.3) is 0 Å². The maximum Gasteiger partial charge on any atom is 0.335 e. The zero-order chi connectivity index (χ0) is 14.4. The molecule has 2 rings (SSSR count). The Labute approximate surface area is 122 Å². The molecule has 2 aromatic rings. The van der Waals surface area contributed by atoms with Gasteiger partial charge in [-0.25, -0.2) is 9.78 Å². The van der Waals surface area contributed by atoms with Crippen molar-refractivity contribution < 1.29 is 9.90 Å². The number of carbonyl (C=O) groups is 1. The number of aromatic nitrogens is 2. The molecule has 0 aliphatic carbocycles. The Morgan fingerprint density at radius 3 is 2.95 bits per heavy atom. The highest BCUT2D eigenvalue weighted by Crippen LogP contribution is 2.23. The largest absolute Gasteiger partial charge is 0.478 e. The summed E-state index contributed by atoms with van der Waals surface area (Å²) in [5.41, 5.74) is 1.95. The number of carboxylic acids is 1. The highest BCUT2D eigenvalue weighted by atomic mass is 32.1. The minimum Gasteiger partial charge on any atom is -0.478 e. The summed E-state index contributed by atoms with van der Waals surface area (Å²) in [6, 6.07) is 3.06. The van der Waals surface area contributed by atoms with Crippen LogP contribution in [0.3, 0.4) is 0 Å². The van der Waals surface area contributed by atoms with Gasteiger partial charge in [-0.05, 0) is 25.0 Å². The molecule has 0 saturated carbocycles. The van der Waals surface area contributed by atoms with E-state index in [0.29, 0.717) is 5.69 Å². The number of hydrogen-bond acceptors (Lipinski definition) is 4. The summed E-state index contributed by atoms with van der Waals surface area (Å²) in [5.74, 6) is -0.940. The van der Waals surface area contributed by atoms with Crippen LogP contribution >= 0.6 is 11.3 Å². The van der Waals surface area contributed by atoms with Gasteiger partial charge in [-0.15, -0.1) is 11.3 Å². The molecule has 0 saturated heterocycles. The minimum atomic E-state index is -0.940. The van der Waals surface area contributed by atoms with E-state index in [2.05, 4.69) is 16.9 Å². The molecule has 2 heterocycles. The van der Waals surface area contributed by atoms with E-state index in [1.807, 2.05) is 5.38 Å². The normalized spacial score (nSPS) is 10.7. The molecule has 0 spiro atoms. The Balaban J connectivity index is 2.04. The molecule has 0 atom stereocenters. The number of unbranched alkanes of at least 4 members (excludes halogenated alkanes) is 3. The van der Waals surface area contributed by atoms with Crippen LogP contribution < -0.4 is 0 Å². The number of aromatic carboxylic acids is 1. The Kier molecular flexibility index (Phi) is 5.24. The first kappa shape index (κ1) is 14.7. The van der Waals surface area contributed by atoms with Gasteiger partial charge in [0.2, 0.25) is 0 Å². The SMILES string of the molecule is CCCCCCc1csc(-c2cc(C(=O)O)ccn2)n1. The summed E-state index contributed by atoms with van der Waals surface area (Å²) in [4.78, 5) is 19.7. The summed E-state index contributed by atoms with van der Waals surface area (Å²) >= 11 is 1.52. The maximum absolute atomic E-state index is 10.9. The van der Waals surface area contributed by atoms with E-state index in [-0.39, 0.29) is 5.56 Å². The van der Waals surface area contributed by atoms with Gasteiger partial charge in [0.1, 0.15) is 5.01 Å². The van der Waals surface area contributed by atoms with Crippen LogP contribution in [-0.2, 0) is 6.42 Å². The number of pyridine rings is 1. The molecule has 0 aliphatic heterocycles. The fraction of sp³-hybridized carbons (Fsp3) is 0.400. The first-order valence-corrected chi connectivity index (χ1v) is 7.72. The van der Waals surface area contributed by atoms with Gasteiger partial charge in [-0.1, -0.05) is 26.2 Å². The second-order valence-electron chi connectivity index (χ2n) is 4.69. The Morgan fingerprint density at radius 1 is 1.35 bits per heavy atom. The van der Waals surface area contributed by atoms with Gasteiger partial charge >= 0.3 is 5.97 Å². The molecule has 5 heteroatoms. The lowest BCUT2D eigenvalue weighted by molar-refractivity contribution is 0.0697. The third-order valence-corrected chi connectivity index (χ3v) is 3.98. The highest BCUT2D eigenvalue weighted by molar-refractivity contribution is 7.13. The van der Waals surface area contributed by atoms with E-state index < -0.39 is 5.97 Å². The van der Waals surface area contributed by atoms with Crippen LogP contribution in [0.15, 0.2) is 23.7 Å². The van der Waals surface area contributed by atoms with E-state index in [1.54, 1.807) is 6.07 Å². The highest BCUT2D eigenvalue weighted by Gasteiger charge is 2.09. The Morgan fingerprint density at radius 2 is 2.20 bits per heavy atom. The first-order chi connectivity index (χ1) is 9.70. The predicted octanol–water partition coefficient (Wildman–Crippen LogP) is 4.03. The number of aryl methyl sites for hydroxylation is 1. The summed E-state index contributed by atoms with van der Waals surface area (Å²) in [5, 5.41) is 11.8. The topological polar surface area (TPSA) is 63.1 Å². The number of thiazole rings is 1. The van der Waals surface area contributed by atoms with E-state index in [9.17, 15) is 4.79 Å². The standard InChI is InChI=1S/C15H18N2O2S/c1-2-3-4-5-6-12-10-20-14(17-12)13-9-11(15(18)19)7-8-16-13/h7-10H,2-6H2,1H3,(H,18,19). The quantitative estimate of drug-likeness (QED) is 0.782. The molecule has 0 amide bonds. The molecular weight excluding hydrogens is 272 g/mol. The van der Waals surface area contributed by atoms with Crippen LogP contribution in [0.2, 0.25) is 0 Å². The van der Waals surface area contributed by atoms with Crippen LogP contribution in [0, 0.1) is 0 Å². The van der Waals surface area contributed by atoms with Crippen molar-refractivity contribution in [3.05, 3.63) is 35.0 Å². The van der Waals surface area contributed by atoms with Crippen molar-refractivity contribution in [2.75, 3.05) is 0 Å². The number of carboxylic acid groups (broad SMARTS) is 1.